The number of rotatable bonds is 5. The van der Waals surface area contributed by atoms with Crippen LogP contribution in [0.3, 0.4) is 0 Å². The zero-order chi connectivity index (χ0) is 20.5. The number of carbonyl (C=O) groups is 4. The number of ketones is 1. The average molecular weight is 387 g/mol. The highest BCUT2D eigenvalue weighted by Gasteiger charge is 2.53. The monoisotopic (exact) mass is 387 g/mol. The molecular formula is C20H25N3O5. The summed E-state index contributed by atoms with van der Waals surface area (Å²) in [7, 11) is 0. The highest BCUT2D eigenvalue weighted by Crippen LogP contribution is 2.35. The molecule has 1 aromatic rings. The number of hydrazine groups is 1. The fourth-order valence-electron chi connectivity index (χ4n) is 3.54. The number of nitrogens with one attached hydrogen (secondary N) is 2. The maximum Gasteiger partial charge on any atom is 0.344 e. The van der Waals surface area contributed by atoms with Gasteiger partial charge in [-0.15, -0.1) is 0 Å². The van der Waals surface area contributed by atoms with Crippen LogP contribution in [-0.4, -0.2) is 40.3 Å². The van der Waals surface area contributed by atoms with Crippen LogP contribution >= 0.6 is 0 Å². The molecule has 1 aliphatic carbocycles. The van der Waals surface area contributed by atoms with E-state index in [0.717, 1.165) is 17.9 Å². The Morgan fingerprint density at radius 2 is 1.82 bits per heavy atom. The van der Waals surface area contributed by atoms with E-state index in [1.807, 2.05) is 0 Å². The molecule has 28 heavy (non-hydrogen) atoms. The summed E-state index contributed by atoms with van der Waals surface area (Å²) in [5.41, 5.74) is 1.99. The standard InChI is InChI=1S/C20H25N3O5/c1-12-8-10-20(11-9-12)18(26)23(19(27)21-20)22-17(25)14(3)28-16-6-4-15(5-7-16)13(2)24/h4-7,12,14H,8-11H2,1-3H3,(H,21,27)(H,22,25)/t12?,14-,20?/m1/s1. The molecule has 8 nitrogen and oxygen atoms in total. The van der Waals surface area contributed by atoms with E-state index in [9.17, 15) is 19.2 Å². The van der Waals surface area contributed by atoms with Crippen molar-refractivity contribution in [3.05, 3.63) is 29.8 Å². The van der Waals surface area contributed by atoms with E-state index < -0.39 is 29.5 Å². The quantitative estimate of drug-likeness (QED) is 0.595. The molecule has 1 heterocycles. The number of hydrogen-bond donors (Lipinski definition) is 2. The highest BCUT2D eigenvalue weighted by molar-refractivity contribution is 6.08. The van der Waals surface area contributed by atoms with Crippen molar-refractivity contribution in [2.45, 2.75) is 58.1 Å². The molecule has 0 radical (unpaired) electrons. The van der Waals surface area contributed by atoms with E-state index >= 15 is 0 Å². The van der Waals surface area contributed by atoms with Gasteiger partial charge in [-0.1, -0.05) is 6.92 Å². The fourth-order valence-corrected chi connectivity index (χ4v) is 3.54. The lowest BCUT2D eigenvalue weighted by Crippen LogP contribution is -2.53. The Morgan fingerprint density at radius 3 is 2.39 bits per heavy atom. The molecule has 150 valence electrons. The van der Waals surface area contributed by atoms with Crippen LogP contribution in [0.25, 0.3) is 0 Å². The van der Waals surface area contributed by atoms with Gasteiger partial charge in [0.1, 0.15) is 11.3 Å². The molecule has 1 aliphatic heterocycles. The zero-order valence-corrected chi connectivity index (χ0v) is 16.3. The smallest absolute Gasteiger partial charge is 0.344 e. The van der Waals surface area contributed by atoms with Crippen molar-refractivity contribution in [1.82, 2.24) is 15.8 Å². The third kappa shape index (κ3) is 3.85. The summed E-state index contributed by atoms with van der Waals surface area (Å²) in [6.45, 7) is 5.10. The molecule has 0 unspecified atom stereocenters. The summed E-state index contributed by atoms with van der Waals surface area (Å²) in [4.78, 5) is 48.8. The van der Waals surface area contributed by atoms with Crippen LogP contribution in [0.15, 0.2) is 24.3 Å². The second kappa shape index (κ2) is 7.61. The van der Waals surface area contributed by atoms with E-state index in [1.165, 1.54) is 13.8 Å². The second-order valence-electron chi connectivity index (χ2n) is 7.65. The van der Waals surface area contributed by atoms with Crippen molar-refractivity contribution in [3.8, 4) is 5.75 Å². The first-order valence-electron chi connectivity index (χ1n) is 9.47. The van der Waals surface area contributed by atoms with Gasteiger partial charge in [-0.25, -0.2) is 4.79 Å². The molecule has 0 aromatic heterocycles. The third-order valence-electron chi connectivity index (χ3n) is 5.45. The van der Waals surface area contributed by atoms with Crippen LogP contribution in [0.4, 0.5) is 4.79 Å². The van der Waals surface area contributed by atoms with E-state index in [0.29, 0.717) is 30.1 Å². The molecule has 4 amide bonds. The minimum Gasteiger partial charge on any atom is -0.481 e. The number of amides is 4. The summed E-state index contributed by atoms with van der Waals surface area (Å²) in [6.07, 6.45) is 1.90. The number of carbonyl (C=O) groups excluding carboxylic acids is 4. The molecule has 1 aromatic carbocycles. The number of ether oxygens (including phenoxy) is 1. The van der Waals surface area contributed by atoms with E-state index in [2.05, 4.69) is 17.7 Å². The molecule has 3 rings (SSSR count). The summed E-state index contributed by atoms with van der Waals surface area (Å²) < 4.78 is 5.55. The van der Waals surface area contributed by atoms with Crippen LogP contribution in [0.2, 0.25) is 0 Å². The second-order valence-corrected chi connectivity index (χ2v) is 7.65. The molecule has 1 saturated carbocycles. The lowest BCUT2D eigenvalue weighted by Gasteiger charge is -2.33. The Balaban J connectivity index is 1.61. The molecule has 2 aliphatic rings. The first-order valence-corrected chi connectivity index (χ1v) is 9.47. The van der Waals surface area contributed by atoms with Gasteiger partial charge in [-0.2, -0.15) is 5.01 Å². The van der Waals surface area contributed by atoms with Crippen LogP contribution in [-0.2, 0) is 9.59 Å². The van der Waals surface area contributed by atoms with Gasteiger partial charge in [0.2, 0.25) is 0 Å². The van der Waals surface area contributed by atoms with Gasteiger partial charge in [0.15, 0.2) is 11.9 Å². The maximum absolute atomic E-state index is 12.8. The lowest BCUT2D eigenvalue weighted by atomic mass is 9.77. The third-order valence-corrected chi connectivity index (χ3v) is 5.45. The Morgan fingerprint density at radius 1 is 1.21 bits per heavy atom. The fraction of sp³-hybridized carbons (Fsp3) is 0.500. The van der Waals surface area contributed by atoms with Gasteiger partial charge in [0.25, 0.3) is 11.8 Å². The molecule has 2 fully saturated rings. The van der Waals surface area contributed by atoms with Gasteiger partial charge in [-0.3, -0.25) is 19.8 Å². The van der Waals surface area contributed by atoms with E-state index in [1.54, 1.807) is 24.3 Å². The van der Waals surface area contributed by atoms with Crippen molar-refractivity contribution in [3.63, 3.8) is 0 Å². The van der Waals surface area contributed by atoms with Gasteiger partial charge in [-0.05, 0) is 69.7 Å². The van der Waals surface area contributed by atoms with Crippen molar-refractivity contribution >= 4 is 23.6 Å². The van der Waals surface area contributed by atoms with E-state index in [4.69, 9.17) is 4.74 Å². The predicted molar refractivity (Wildman–Crippen MR) is 100 cm³/mol. The molecule has 1 spiro atoms. The Bertz CT molecular complexity index is 797. The normalized spacial score (nSPS) is 25.4. The molecular weight excluding hydrogens is 362 g/mol. The number of urea groups is 1. The largest absolute Gasteiger partial charge is 0.481 e. The summed E-state index contributed by atoms with van der Waals surface area (Å²) in [6, 6.07) is 5.77. The molecule has 0 bridgehead atoms. The Labute approximate surface area is 163 Å². The highest BCUT2D eigenvalue weighted by atomic mass is 16.5. The van der Waals surface area contributed by atoms with Gasteiger partial charge >= 0.3 is 6.03 Å². The summed E-state index contributed by atoms with van der Waals surface area (Å²) >= 11 is 0. The maximum atomic E-state index is 12.8. The molecule has 1 atom stereocenters. The van der Waals surface area contributed by atoms with Crippen LogP contribution in [0.5, 0.6) is 5.75 Å². The Kier molecular flexibility index (Phi) is 5.40. The molecule has 2 N–H and O–H groups in total. The molecule has 8 heteroatoms. The topological polar surface area (TPSA) is 105 Å². The lowest BCUT2D eigenvalue weighted by molar-refractivity contribution is -0.142. The minimum atomic E-state index is -0.938. The SMILES string of the molecule is CC(=O)c1ccc(O[C@H](C)C(=O)NN2C(=O)NC3(CCC(C)CC3)C2=O)cc1. The van der Waals surface area contributed by atoms with Crippen molar-refractivity contribution in [2.75, 3.05) is 0 Å². The Hall–Kier alpha value is -2.90. The van der Waals surface area contributed by atoms with Gasteiger partial charge < -0.3 is 10.1 Å². The minimum absolute atomic E-state index is 0.0677. The first-order chi connectivity index (χ1) is 13.2. The number of hydrogen-bond acceptors (Lipinski definition) is 5. The summed E-state index contributed by atoms with van der Waals surface area (Å²) in [5, 5.41) is 3.51. The number of imide groups is 1. The average Bonchev–Trinajstić information content (AvgIpc) is 2.89. The predicted octanol–water partition coefficient (Wildman–Crippen LogP) is 2.19. The van der Waals surface area contributed by atoms with Crippen molar-refractivity contribution in [2.24, 2.45) is 5.92 Å². The van der Waals surface area contributed by atoms with Gasteiger partial charge in [0.05, 0.1) is 0 Å². The number of Topliss-reactive ketones (excluding diaryl/α,β-unsaturated/α-hetero) is 1. The zero-order valence-electron chi connectivity index (χ0n) is 16.3. The number of benzene rings is 1. The summed E-state index contributed by atoms with van der Waals surface area (Å²) in [5.74, 6) is -0.178. The van der Waals surface area contributed by atoms with Crippen molar-refractivity contribution in [1.29, 1.82) is 0 Å². The van der Waals surface area contributed by atoms with Crippen LogP contribution in [0.1, 0.15) is 56.8 Å². The van der Waals surface area contributed by atoms with Gasteiger partial charge in [0, 0.05) is 5.56 Å². The first kappa shape index (κ1) is 19.9. The number of nitrogens with zero attached hydrogens (tertiary/aromatic N) is 1. The van der Waals surface area contributed by atoms with Crippen LogP contribution in [0, 0.1) is 5.92 Å². The van der Waals surface area contributed by atoms with E-state index in [-0.39, 0.29) is 5.78 Å². The van der Waals surface area contributed by atoms with Crippen LogP contribution < -0.4 is 15.5 Å². The van der Waals surface area contributed by atoms with Crippen molar-refractivity contribution < 1.29 is 23.9 Å². The molecule has 1 saturated heterocycles.